The molecule has 0 aromatic heterocycles. The van der Waals surface area contributed by atoms with Gasteiger partial charge in [0.2, 0.25) is 5.91 Å². The van der Waals surface area contributed by atoms with Crippen LogP contribution in [0.2, 0.25) is 0 Å². The number of halogens is 2. The predicted molar refractivity (Wildman–Crippen MR) is 89.2 cm³/mol. The maximum absolute atomic E-state index is 11.6. The smallest absolute Gasteiger partial charge is 0.221 e. The molecule has 1 aliphatic rings. The van der Waals surface area contributed by atoms with Gasteiger partial charge in [-0.15, -0.1) is 24.8 Å². The summed E-state index contributed by atoms with van der Waals surface area (Å²) in [7, 11) is 0. The SMILES string of the molecule is CCNCCNC(=O)CCN1CCN(CC)CC1.Cl.Cl. The van der Waals surface area contributed by atoms with Crippen molar-refractivity contribution in [2.45, 2.75) is 20.3 Å². The van der Waals surface area contributed by atoms with Crippen LogP contribution in [0.3, 0.4) is 0 Å². The molecule has 0 bridgehead atoms. The number of carbonyl (C=O) groups is 1. The standard InChI is InChI=1S/C13H28N4O.2ClH/c1-3-14-6-7-15-13(18)5-8-17-11-9-16(4-2)10-12-17;;/h14H,3-12H2,1-2H3,(H,15,18);2*1H. The van der Waals surface area contributed by atoms with Gasteiger partial charge in [-0.1, -0.05) is 13.8 Å². The number of amides is 1. The van der Waals surface area contributed by atoms with Gasteiger partial charge >= 0.3 is 0 Å². The third-order valence-electron chi connectivity index (χ3n) is 3.44. The van der Waals surface area contributed by atoms with Crippen LogP contribution >= 0.6 is 24.8 Å². The second-order valence-corrected chi connectivity index (χ2v) is 4.73. The Labute approximate surface area is 135 Å². The van der Waals surface area contributed by atoms with Crippen molar-refractivity contribution in [1.29, 1.82) is 0 Å². The maximum atomic E-state index is 11.6. The molecular formula is C13H30Cl2N4O. The fourth-order valence-corrected chi connectivity index (χ4v) is 2.14. The van der Waals surface area contributed by atoms with Crippen LogP contribution in [0, 0.1) is 0 Å². The minimum Gasteiger partial charge on any atom is -0.355 e. The third kappa shape index (κ3) is 9.77. The van der Waals surface area contributed by atoms with Gasteiger partial charge in [0.1, 0.15) is 0 Å². The molecule has 0 aromatic carbocycles. The average Bonchev–Trinajstić information content (AvgIpc) is 2.42. The van der Waals surface area contributed by atoms with E-state index in [1.807, 2.05) is 0 Å². The highest BCUT2D eigenvalue weighted by atomic mass is 35.5. The molecule has 0 spiro atoms. The molecule has 0 aliphatic carbocycles. The first kappa shape index (κ1) is 22.2. The van der Waals surface area contributed by atoms with E-state index in [2.05, 4.69) is 34.3 Å². The van der Waals surface area contributed by atoms with E-state index in [0.717, 1.165) is 58.9 Å². The lowest BCUT2D eigenvalue weighted by Crippen LogP contribution is -2.47. The van der Waals surface area contributed by atoms with E-state index in [1.54, 1.807) is 0 Å². The van der Waals surface area contributed by atoms with E-state index < -0.39 is 0 Å². The minimum atomic E-state index is 0. The van der Waals surface area contributed by atoms with Crippen molar-refractivity contribution in [2.75, 3.05) is 58.9 Å². The molecule has 7 heteroatoms. The Morgan fingerprint density at radius 3 is 2.15 bits per heavy atom. The molecule has 1 saturated heterocycles. The lowest BCUT2D eigenvalue weighted by atomic mass is 10.3. The molecule has 5 nitrogen and oxygen atoms in total. The summed E-state index contributed by atoms with van der Waals surface area (Å²) in [5, 5.41) is 6.13. The van der Waals surface area contributed by atoms with Gasteiger partial charge in [-0.2, -0.15) is 0 Å². The van der Waals surface area contributed by atoms with Crippen LogP contribution in [0.5, 0.6) is 0 Å². The molecule has 1 aliphatic heterocycles. The van der Waals surface area contributed by atoms with Crippen molar-refractivity contribution in [3.63, 3.8) is 0 Å². The highest BCUT2D eigenvalue weighted by Crippen LogP contribution is 2.01. The van der Waals surface area contributed by atoms with Crippen LogP contribution in [-0.4, -0.2) is 74.6 Å². The van der Waals surface area contributed by atoms with Crippen molar-refractivity contribution in [3.05, 3.63) is 0 Å². The van der Waals surface area contributed by atoms with Gasteiger partial charge in [-0.3, -0.25) is 4.79 Å². The Kier molecular flexibility index (Phi) is 15.4. The monoisotopic (exact) mass is 328 g/mol. The second kappa shape index (κ2) is 13.9. The Hall–Kier alpha value is -0.0700. The molecule has 1 fully saturated rings. The molecule has 0 radical (unpaired) electrons. The van der Waals surface area contributed by atoms with Crippen LogP contribution in [0.4, 0.5) is 0 Å². The Balaban J connectivity index is 0. The Bertz CT molecular complexity index is 236. The van der Waals surface area contributed by atoms with Gasteiger partial charge in [0.15, 0.2) is 0 Å². The highest BCUT2D eigenvalue weighted by molar-refractivity contribution is 5.85. The Morgan fingerprint density at radius 1 is 1.00 bits per heavy atom. The van der Waals surface area contributed by atoms with Crippen LogP contribution in [0.1, 0.15) is 20.3 Å². The number of nitrogens with zero attached hydrogens (tertiary/aromatic N) is 2. The summed E-state index contributed by atoms with van der Waals surface area (Å²) in [6.07, 6.45) is 0.623. The van der Waals surface area contributed by atoms with Crippen molar-refractivity contribution in [2.24, 2.45) is 0 Å². The lowest BCUT2D eigenvalue weighted by molar-refractivity contribution is -0.121. The molecule has 1 amide bonds. The molecule has 0 unspecified atom stereocenters. The Morgan fingerprint density at radius 2 is 1.60 bits per heavy atom. The normalized spacial score (nSPS) is 16.1. The summed E-state index contributed by atoms with van der Waals surface area (Å²) >= 11 is 0. The average molecular weight is 329 g/mol. The zero-order valence-corrected chi connectivity index (χ0v) is 14.3. The summed E-state index contributed by atoms with van der Waals surface area (Å²) in [5.41, 5.74) is 0. The first-order chi connectivity index (χ1) is 8.76. The van der Waals surface area contributed by atoms with Gasteiger partial charge in [-0.05, 0) is 13.1 Å². The van der Waals surface area contributed by atoms with Crippen LogP contribution < -0.4 is 10.6 Å². The molecule has 1 rings (SSSR count). The van der Waals surface area contributed by atoms with E-state index in [1.165, 1.54) is 0 Å². The van der Waals surface area contributed by atoms with E-state index in [9.17, 15) is 4.79 Å². The maximum Gasteiger partial charge on any atom is 0.221 e. The quantitative estimate of drug-likeness (QED) is 0.640. The van der Waals surface area contributed by atoms with Crippen LogP contribution in [-0.2, 0) is 4.79 Å². The van der Waals surface area contributed by atoms with E-state index >= 15 is 0 Å². The number of hydrogen-bond donors (Lipinski definition) is 2. The predicted octanol–water partition coefficient (Wildman–Crippen LogP) is 0.583. The number of carbonyl (C=O) groups excluding carboxylic acids is 1. The molecule has 0 saturated carbocycles. The van der Waals surface area contributed by atoms with Crippen molar-refractivity contribution in [3.8, 4) is 0 Å². The fraction of sp³-hybridized carbons (Fsp3) is 0.923. The number of nitrogens with one attached hydrogen (secondary N) is 2. The van der Waals surface area contributed by atoms with Crippen molar-refractivity contribution in [1.82, 2.24) is 20.4 Å². The van der Waals surface area contributed by atoms with Crippen molar-refractivity contribution < 1.29 is 4.79 Å². The summed E-state index contributed by atoms with van der Waals surface area (Å²) in [6.45, 7) is 13.3. The first-order valence-electron chi connectivity index (χ1n) is 7.18. The molecule has 20 heavy (non-hydrogen) atoms. The van der Waals surface area contributed by atoms with Gasteiger partial charge in [0.05, 0.1) is 0 Å². The van der Waals surface area contributed by atoms with Crippen LogP contribution in [0.15, 0.2) is 0 Å². The highest BCUT2D eigenvalue weighted by Gasteiger charge is 2.15. The summed E-state index contributed by atoms with van der Waals surface area (Å²) in [5.74, 6) is 0.172. The van der Waals surface area contributed by atoms with E-state index in [0.29, 0.717) is 6.42 Å². The van der Waals surface area contributed by atoms with Crippen molar-refractivity contribution >= 4 is 30.7 Å². The topological polar surface area (TPSA) is 47.6 Å². The number of hydrogen-bond acceptors (Lipinski definition) is 4. The van der Waals surface area contributed by atoms with Gasteiger partial charge in [0.25, 0.3) is 0 Å². The number of likely N-dealkylation sites (N-methyl/N-ethyl adjacent to an activating group) is 2. The number of piperazine rings is 1. The lowest BCUT2D eigenvalue weighted by Gasteiger charge is -2.33. The summed E-state index contributed by atoms with van der Waals surface area (Å²) < 4.78 is 0. The molecule has 2 N–H and O–H groups in total. The zero-order valence-electron chi connectivity index (χ0n) is 12.7. The molecule has 122 valence electrons. The first-order valence-corrected chi connectivity index (χ1v) is 7.18. The van der Waals surface area contributed by atoms with Gasteiger partial charge in [0, 0.05) is 52.2 Å². The van der Waals surface area contributed by atoms with Gasteiger partial charge < -0.3 is 20.4 Å². The van der Waals surface area contributed by atoms with Crippen LogP contribution in [0.25, 0.3) is 0 Å². The summed E-state index contributed by atoms with van der Waals surface area (Å²) in [4.78, 5) is 16.4. The number of rotatable bonds is 8. The van der Waals surface area contributed by atoms with E-state index in [-0.39, 0.29) is 30.7 Å². The minimum absolute atomic E-state index is 0. The molecule has 0 aromatic rings. The second-order valence-electron chi connectivity index (χ2n) is 4.73. The van der Waals surface area contributed by atoms with E-state index in [4.69, 9.17) is 0 Å². The third-order valence-corrected chi connectivity index (χ3v) is 3.44. The largest absolute Gasteiger partial charge is 0.355 e. The molecule has 1 heterocycles. The van der Waals surface area contributed by atoms with Gasteiger partial charge in [-0.25, -0.2) is 0 Å². The fourth-order valence-electron chi connectivity index (χ4n) is 2.14. The summed E-state index contributed by atoms with van der Waals surface area (Å²) in [6, 6.07) is 0. The molecular weight excluding hydrogens is 299 g/mol. The molecule has 0 atom stereocenters. The zero-order chi connectivity index (χ0) is 13.2.